The largest absolute Gasteiger partial charge is 0.452 e. The van der Waals surface area contributed by atoms with E-state index in [0.29, 0.717) is 5.56 Å². The molecule has 0 radical (unpaired) electrons. The average molecular weight is 243 g/mol. The number of furan rings is 1. The van der Waals surface area contributed by atoms with Crippen LogP contribution in [0.1, 0.15) is 24.2 Å². The van der Waals surface area contributed by atoms with Crippen LogP contribution < -0.4 is 5.32 Å². The van der Waals surface area contributed by atoms with Crippen LogP contribution in [0.15, 0.2) is 16.7 Å². The first-order valence-corrected chi connectivity index (χ1v) is 5.75. The van der Waals surface area contributed by atoms with E-state index in [4.69, 9.17) is 16.0 Å². The highest BCUT2D eigenvalue weighted by atomic mass is 35.5. The zero-order valence-electron chi connectivity index (χ0n) is 9.37. The molecule has 1 amide bonds. The third-order valence-corrected chi connectivity index (χ3v) is 3.20. The van der Waals surface area contributed by atoms with Crippen molar-refractivity contribution in [2.75, 3.05) is 13.1 Å². The maximum atomic E-state index is 12.3. The van der Waals surface area contributed by atoms with Gasteiger partial charge in [-0.3, -0.25) is 4.79 Å². The minimum Gasteiger partial charge on any atom is -0.452 e. The van der Waals surface area contributed by atoms with Crippen molar-refractivity contribution < 1.29 is 9.21 Å². The molecule has 1 saturated heterocycles. The van der Waals surface area contributed by atoms with E-state index in [0.717, 1.165) is 13.1 Å². The summed E-state index contributed by atoms with van der Waals surface area (Å²) in [6.45, 7) is 5.67. The van der Waals surface area contributed by atoms with Crippen LogP contribution in [-0.2, 0) is 0 Å². The van der Waals surface area contributed by atoms with Crippen LogP contribution in [0.4, 0.5) is 0 Å². The van der Waals surface area contributed by atoms with Gasteiger partial charge in [0.2, 0.25) is 5.22 Å². The third kappa shape index (κ3) is 1.95. The molecule has 0 spiro atoms. The van der Waals surface area contributed by atoms with Crippen LogP contribution >= 0.6 is 11.6 Å². The molecule has 1 aromatic rings. The molecule has 88 valence electrons. The molecular weight excluding hydrogens is 228 g/mol. The van der Waals surface area contributed by atoms with E-state index in [1.807, 2.05) is 18.7 Å². The van der Waals surface area contributed by atoms with Gasteiger partial charge in [0.15, 0.2) is 0 Å². The highest BCUT2D eigenvalue weighted by molar-refractivity contribution is 6.32. The molecule has 1 aliphatic heterocycles. The zero-order valence-corrected chi connectivity index (χ0v) is 10.1. The highest BCUT2D eigenvalue weighted by Gasteiger charge is 2.31. The van der Waals surface area contributed by atoms with Gasteiger partial charge in [-0.15, -0.1) is 0 Å². The molecule has 1 fully saturated rings. The highest BCUT2D eigenvalue weighted by Crippen LogP contribution is 2.22. The smallest absolute Gasteiger partial charge is 0.259 e. The van der Waals surface area contributed by atoms with Crippen LogP contribution in [-0.4, -0.2) is 36.0 Å². The monoisotopic (exact) mass is 242 g/mol. The second kappa shape index (κ2) is 4.47. The second-order valence-corrected chi connectivity index (χ2v) is 4.52. The summed E-state index contributed by atoms with van der Waals surface area (Å²) in [5.74, 6) is -0.0553. The molecule has 2 heterocycles. The Hall–Kier alpha value is -1.00. The van der Waals surface area contributed by atoms with Gasteiger partial charge < -0.3 is 14.6 Å². The maximum absolute atomic E-state index is 12.3. The molecule has 2 atom stereocenters. The minimum absolute atomic E-state index is 0.0553. The van der Waals surface area contributed by atoms with Crippen molar-refractivity contribution in [1.82, 2.24) is 10.2 Å². The fraction of sp³-hybridized carbons (Fsp3) is 0.545. The number of nitrogens with zero attached hydrogens (tertiary/aromatic N) is 1. The molecule has 0 aromatic carbocycles. The van der Waals surface area contributed by atoms with Crippen molar-refractivity contribution >= 4 is 17.5 Å². The first-order chi connectivity index (χ1) is 7.61. The Labute approximate surface area is 99.5 Å². The summed E-state index contributed by atoms with van der Waals surface area (Å²) in [5, 5.41) is 3.45. The molecule has 4 nitrogen and oxygen atoms in total. The number of rotatable bonds is 1. The normalized spacial score (nSPS) is 25.8. The van der Waals surface area contributed by atoms with Crippen molar-refractivity contribution in [1.29, 1.82) is 0 Å². The molecule has 16 heavy (non-hydrogen) atoms. The summed E-state index contributed by atoms with van der Waals surface area (Å²) in [4.78, 5) is 14.1. The Bertz CT molecular complexity index is 381. The lowest BCUT2D eigenvalue weighted by Gasteiger charge is -2.39. The van der Waals surface area contributed by atoms with Crippen molar-refractivity contribution in [3.63, 3.8) is 0 Å². The lowest BCUT2D eigenvalue weighted by Crippen LogP contribution is -2.57. The van der Waals surface area contributed by atoms with Crippen LogP contribution in [0.5, 0.6) is 0 Å². The summed E-state index contributed by atoms with van der Waals surface area (Å²) in [7, 11) is 0. The Morgan fingerprint density at radius 3 is 2.62 bits per heavy atom. The Balaban J connectivity index is 2.23. The topological polar surface area (TPSA) is 45.5 Å². The zero-order chi connectivity index (χ0) is 11.7. The predicted molar refractivity (Wildman–Crippen MR) is 61.7 cm³/mol. The molecular formula is C11H15ClN2O2. The van der Waals surface area contributed by atoms with Gasteiger partial charge in [-0.25, -0.2) is 0 Å². The van der Waals surface area contributed by atoms with E-state index in [1.54, 1.807) is 6.07 Å². The van der Waals surface area contributed by atoms with Crippen molar-refractivity contribution in [2.24, 2.45) is 0 Å². The van der Waals surface area contributed by atoms with Gasteiger partial charge in [-0.1, -0.05) is 0 Å². The van der Waals surface area contributed by atoms with Crippen LogP contribution in [0.2, 0.25) is 5.22 Å². The van der Waals surface area contributed by atoms with Crippen molar-refractivity contribution in [3.8, 4) is 0 Å². The van der Waals surface area contributed by atoms with Gasteiger partial charge in [0.1, 0.15) is 0 Å². The molecule has 2 unspecified atom stereocenters. The van der Waals surface area contributed by atoms with Crippen LogP contribution in [0.25, 0.3) is 0 Å². The first-order valence-electron chi connectivity index (χ1n) is 5.37. The van der Waals surface area contributed by atoms with E-state index in [1.165, 1.54) is 6.26 Å². The van der Waals surface area contributed by atoms with E-state index < -0.39 is 0 Å². The molecule has 0 saturated carbocycles. The molecule has 5 heteroatoms. The van der Waals surface area contributed by atoms with Gasteiger partial charge in [0.05, 0.1) is 11.8 Å². The average Bonchev–Trinajstić information content (AvgIpc) is 2.64. The molecule has 1 aliphatic rings. The number of halogens is 1. The number of hydrogen-bond acceptors (Lipinski definition) is 3. The summed E-state index contributed by atoms with van der Waals surface area (Å²) in [6.07, 6.45) is 1.44. The predicted octanol–water partition coefficient (Wildman–Crippen LogP) is 1.76. The molecule has 1 N–H and O–H groups in total. The number of piperazine rings is 1. The van der Waals surface area contributed by atoms with E-state index >= 15 is 0 Å². The van der Waals surface area contributed by atoms with Gasteiger partial charge >= 0.3 is 0 Å². The van der Waals surface area contributed by atoms with E-state index in [-0.39, 0.29) is 23.2 Å². The summed E-state index contributed by atoms with van der Waals surface area (Å²) in [5.41, 5.74) is 0.447. The summed E-state index contributed by atoms with van der Waals surface area (Å²) < 4.78 is 4.95. The number of carbonyl (C=O) groups is 1. The molecule has 0 bridgehead atoms. The third-order valence-electron chi connectivity index (χ3n) is 2.91. The number of amides is 1. The van der Waals surface area contributed by atoms with Crippen molar-refractivity contribution in [3.05, 3.63) is 23.1 Å². The van der Waals surface area contributed by atoms with Crippen LogP contribution in [0, 0.1) is 0 Å². The first kappa shape index (κ1) is 11.5. The molecule has 1 aromatic heterocycles. The Morgan fingerprint density at radius 2 is 2.12 bits per heavy atom. The van der Waals surface area contributed by atoms with Gasteiger partial charge in [0.25, 0.3) is 5.91 Å². The van der Waals surface area contributed by atoms with Crippen LogP contribution in [0.3, 0.4) is 0 Å². The molecule has 0 aliphatic carbocycles. The fourth-order valence-electron chi connectivity index (χ4n) is 2.12. The summed E-state index contributed by atoms with van der Waals surface area (Å²) in [6, 6.07) is 1.95. The SMILES string of the molecule is CC1CNCC(C)N1C(=O)c1ccoc1Cl. The lowest BCUT2D eigenvalue weighted by atomic mass is 10.1. The van der Waals surface area contributed by atoms with Gasteiger partial charge in [0, 0.05) is 25.2 Å². The van der Waals surface area contributed by atoms with E-state index in [2.05, 4.69) is 5.32 Å². The minimum atomic E-state index is -0.0553. The second-order valence-electron chi connectivity index (χ2n) is 4.18. The number of hydrogen-bond donors (Lipinski definition) is 1. The maximum Gasteiger partial charge on any atom is 0.259 e. The Morgan fingerprint density at radius 1 is 1.50 bits per heavy atom. The van der Waals surface area contributed by atoms with Gasteiger partial charge in [-0.2, -0.15) is 0 Å². The Kier molecular flexibility index (Phi) is 3.21. The molecule has 2 rings (SSSR count). The van der Waals surface area contributed by atoms with Gasteiger partial charge in [-0.05, 0) is 31.5 Å². The fourth-order valence-corrected chi connectivity index (χ4v) is 2.31. The number of nitrogens with one attached hydrogen (secondary N) is 1. The van der Waals surface area contributed by atoms with Crippen molar-refractivity contribution in [2.45, 2.75) is 25.9 Å². The quantitative estimate of drug-likeness (QED) is 0.816. The number of carbonyl (C=O) groups excluding carboxylic acids is 1. The summed E-state index contributed by atoms with van der Waals surface area (Å²) >= 11 is 5.82. The van der Waals surface area contributed by atoms with E-state index in [9.17, 15) is 4.79 Å². The standard InChI is InChI=1S/C11H15ClN2O2/c1-7-5-13-6-8(2)14(7)11(15)9-3-4-16-10(9)12/h3-4,7-8,13H,5-6H2,1-2H3. The lowest BCUT2D eigenvalue weighted by molar-refractivity contribution is 0.0544.